The normalized spacial score (nSPS) is 15.3. The number of benzene rings is 2. The molecule has 2 aromatic rings. The van der Waals surface area contributed by atoms with Crippen LogP contribution in [0, 0.1) is 0 Å². The lowest BCUT2D eigenvalue weighted by molar-refractivity contribution is -0.119. The number of hydrogen-bond donors (Lipinski definition) is 3. The fourth-order valence-corrected chi connectivity index (χ4v) is 4.39. The van der Waals surface area contributed by atoms with E-state index in [1.807, 2.05) is 37.3 Å². The van der Waals surface area contributed by atoms with Crippen molar-refractivity contribution in [3.8, 4) is 0 Å². The summed E-state index contributed by atoms with van der Waals surface area (Å²) in [5.41, 5.74) is 6.07. The Morgan fingerprint density at radius 1 is 1.08 bits per heavy atom. The summed E-state index contributed by atoms with van der Waals surface area (Å²) in [6.45, 7) is 1.83. The Bertz CT molecular complexity index is 851. The largest absolute Gasteiger partial charge is 0.299 e. The van der Waals surface area contributed by atoms with Gasteiger partial charge in [-0.25, -0.2) is 13.1 Å². The molecule has 1 saturated carbocycles. The molecule has 0 unspecified atom stereocenters. The summed E-state index contributed by atoms with van der Waals surface area (Å²) in [5.74, 6) is -0.161. The Balaban J connectivity index is 1.51. The first-order chi connectivity index (χ1) is 12.4. The topological polar surface area (TPSA) is 87.3 Å². The van der Waals surface area contributed by atoms with Gasteiger partial charge < -0.3 is 0 Å². The molecule has 0 heterocycles. The molecule has 2 aromatic carbocycles. The third kappa shape index (κ3) is 5.23. The number of amides is 1. The first-order valence-electron chi connectivity index (χ1n) is 8.34. The minimum Gasteiger partial charge on any atom is -0.299 e. The summed E-state index contributed by atoms with van der Waals surface area (Å²) in [7, 11) is -3.46. The van der Waals surface area contributed by atoms with E-state index in [0.717, 1.165) is 17.7 Å². The summed E-state index contributed by atoms with van der Waals surface area (Å²) in [6.07, 6.45) is 1.79. The van der Waals surface area contributed by atoms with Gasteiger partial charge in [0.15, 0.2) is 0 Å². The number of hydrogen-bond acceptors (Lipinski definition) is 5. The van der Waals surface area contributed by atoms with E-state index < -0.39 is 10.0 Å². The molecule has 0 saturated heterocycles. The maximum absolute atomic E-state index is 12.2. The van der Waals surface area contributed by atoms with Crippen molar-refractivity contribution in [2.45, 2.75) is 40.8 Å². The lowest BCUT2D eigenvalue weighted by Gasteiger charge is -2.14. The van der Waals surface area contributed by atoms with E-state index in [4.69, 9.17) is 0 Å². The van der Waals surface area contributed by atoms with Crippen molar-refractivity contribution in [2.75, 3.05) is 5.43 Å². The minimum atomic E-state index is -3.46. The molecule has 1 aliphatic rings. The van der Waals surface area contributed by atoms with Gasteiger partial charge in [0, 0.05) is 10.9 Å². The van der Waals surface area contributed by atoms with Crippen LogP contribution in [0.3, 0.4) is 0 Å². The summed E-state index contributed by atoms with van der Waals surface area (Å²) in [5, 5.41) is -0.271. The van der Waals surface area contributed by atoms with Gasteiger partial charge in [-0.2, -0.15) is 0 Å². The van der Waals surface area contributed by atoms with Crippen LogP contribution in [0.1, 0.15) is 19.8 Å². The van der Waals surface area contributed by atoms with Crippen molar-refractivity contribution in [2.24, 2.45) is 0 Å². The lowest BCUT2D eigenvalue weighted by atomic mass is 10.3. The molecule has 1 aliphatic carbocycles. The van der Waals surface area contributed by atoms with E-state index in [-0.39, 0.29) is 22.1 Å². The molecule has 138 valence electrons. The second-order valence-electron chi connectivity index (χ2n) is 6.11. The Morgan fingerprint density at radius 2 is 1.73 bits per heavy atom. The molecule has 3 N–H and O–H groups in total. The Kier molecular flexibility index (Phi) is 5.85. The number of rotatable bonds is 8. The van der Waals surface area contributed by atoms with Gasteiger partial charge in [0.2, 0.25) is 10.0 Å². The number of nitrogens with one attached hydrogen (secondary N) is 3. The smallest absolute Gasteiger partial charge is 0.251 e. The number of hydrazine groups is 1. The van der Waals surface area contributed by atoms with Crippen LogP contribution in [-0.4, -0.2) is 25.6 Å². The van der Waals surface area contributed by atoms with Crippen molar-refractivity contribution in [1.29, 1.82) is 0 Å². The molecule has 0 aromatic heterocycles. The Labute approximate surface area is 157 Å². The molecule has 1 fully saturated rings. The molecular weight excluding hydrogens is 370 g/mol. The van der Waals surface area contributed by atoms with Crippen LogP contribution in [0.15, 0.2) is 64.4 Å². The van der Waals surface area contributed by atoms with E-state index >= 15 is 0 Å². The number of anilines is 1. The predicted molar refractivity (Wildman–Crippen MR) is 103 cm³/mol. The molecule has 1 amide bonds. The highest BCUT2D eigenvalue weighted by Gasteiger charge is 2.27. The maximum Gasteiger partial charge on any atom is 0.251 e. The zero-order valence-corrected chi connectivity index (χ0v) is 15.9. The molecule has 6 nitrogen and oxygen atoms in total. The van der Waals surface area contributed by atoms with Crippen molar-refractivity contribution in [3.05, 3.63) is 54.6 Å². The van der Waals surface area contributed by atoms with Crippen LogP contribution in [-0.2, 0) is 14.8 Å². The number of carbonyl (C=O) groups is 1. The fourth-order valence-electron chi connectivity index (χ4n) is 2.20. The van der Waals surface area contributed by atoms with Gasteiger partial charge in [0.25, 0.3) is 5.91 Å². The van der Waals surface area contributed by atoms with Gasteiger partial charge in [0.1, 0.15) is 0 Å². The lowest BCUT2D eigenvalue weighted by Crippen LogP contribution is -2.35. The number of sulfonamides is 1. The van der Waals surface area contributed by atoms with Crippen LogP contribution in [0.4, 0.5) is 5.69 Å². The summed E-state index contributed by atoms with van der Waals surface area (Å²) in [6, 6.07) is 16.0. The van der Waals surface area contributed by atoms with Gasteiger partial charge in [-0.3, -0.25) is 15.6 Å². The zero-order chi connectivity index (χ0) is 18.6. The third-order valence-electron chi connectivity index (χ3n) is 3.82. The van der Waals surface area contributed by atoms with Crippen molar-refractivity contribution < 1.29 is 13.2 Å². The predicted octanol–water partition coefficient (Wildman–Crippen LogP) is 2.75. The SMILES string of the molecule is C[C@H](Sc1ccccc1)C(=O)NNc1ccc(S(=O)(=O)NC2CC2)cc1. The third-order valence-corrected chi connectivity index (χ3v) is 6.47. The Morgan fingerprint density at radius 3 is 2.35 bits per heavy atom. The fraction of sp³-hybridized carbons (Fsp3) is 0.278. The quantitative estimate of drug-likeness (QED) is 0.476. The van der Waals surface area contributed by atoms with Crippen molar-refractivity contribution >= 4 is 33.4 Å². The van der Waals surface area contributed by atoms with Crippen LogP contribution < -0.4 is 15.6 Å². The monoisotopic (exact) mass is 391 g/mol. The Hall–Kier alpha value is -2.03. The standard InChI is InChI=1S/C18H21N3O3S2/c1-13(25-16-5-3-2-4-6-16)18(22)20-19-14-9-11-17(12-10-14)26(23,24)21-15-7-8-15/h2-6,9-13,15,19,21H,7-8H2,1H3,(H,20,22)/t13-/m0/s1. The van der Waals surface area contributed by atoms with Gasteiger partial charge in [0.05, 0.1) is 15.8 Å². The highest BCUT2D eigenvalue weighted by Crippen LogP contribution is 2.24. The molecule has 0 bridgehead atoms. The number of carbonyl (C=O) groups excluding carboxylic acids is 1. The van der Waals surface area contributed by atoms with Gasteiger partial charge in [-0.05, 0) is 56.2 Å². The van der Waals surface area contributed by atoms with E-state index in [1.54, 1.807) is 12.1 Å². The average molecular weight is 392 g/mol. The van der Waals surface area contributed by atoms with Crippen LogP contribution in [0.5, 0.6) is 0 Å². The van der Waals surface area contributed by atoms with Gasteiger partial charge in [-0.15, -0.1) is 11.8 Å². The van der Waals surface area contributed by atoms with Crippen LogP contribution in [0.25, 0.3) is 0 Å². The molecule has 0 radical (unpaired) electrons. The average Bonchev–Trinajstić information content (AvgIpc) is 3.44. The second-order valence-corrected chi connectivity index (χ2v) is 9.24. The molecule has 0 aliphatic heterocycles. The molecule has 3 rings (SSSR count). The molecule has 1 atom stereocenters. The van der Waals surface area contributed by atoms with Gasteiger partial charge >= 0.3 is 0 Å². The molecule has 0 spiro atoms. The summed E-state index contributed by atoms with van der Waals surface area (Å²) < 4.78 is 26.9. The molecule has 8 heteroatoms. The highest BCUT2D eigenvalue weighted by atomic mass is 32.2. The first-order valence-corrected chi connectivity index (χ1v) is 10.7. The summed E-state index contributed by atoms with van der Waals surface area (Å²) in [4.78, 5) is 13.4. The van der Waals surface area contributed by atoms with Crippen LogP contribution >= 0.6 is 11.8 Å². The first kappa shape index (κ1) is 18.8. The second kappa shape index (κ2) is 8.11. The summed E-state index contributed by atoms with van der Waals surface area (Å²) >= 11 is 1.46. The molecule has 26 heavy (non-hydrogen) atoms. The maximum atomic E-state index is 12.2. The number of thioether (sulfide) groups is 1. The molecular formula is C18H21N3O3S2. The minimum absolute atomic E-state index is 0.0701. The van der Waals surface area contributed by atoms with Crippen molar-refractivity contribution in [3.63, 3.8) is 0 Å². The zero-order valence-electron chi connectivity index (χ0n) is 14.3. The van der Waals surface area contributed by atoms with E-state index in [9.17, 15) is 13.2 Å². The highest BCUT2D eigenvalue weighted by molar-refractivity contribution is 8.00. The van der Waals surface area contributed by atoms with Crippen LogP contribution in [0.2, 0.25) is 0 Å². The van der Waals surface area contributed by atoms with E-state index in [1.165, 1.54) is 23.9 Å². The van der Waals surface area contributed by atoms with Crippen molar-refractivity contribution in [1.82, 2.24) is 10.1 Å². The van der Waals surface area contributed by atoms with E-state index in [0.29, 0.717) is 5.69 Å². The van der Waals surface area contributed by atoms with E-state index in [2.05, 4.69) is 15.6 Å². The van der Waals surface area contributed by atoms with Gasteiger partial charge in [-0.1, -0.05) is 18.2 Å².